The highest BCUT2D eigenvalue weighted by Crippen LogP contribution is 2.15. The SMILES string of the molecule is O=C(NCCn1ncc2c1CCOC2)c1ccco1. The van der Waals surface area contributed by atoms with Crippen molar-refractivity contribution < 1.29 is 13.9 Å². The smallest absolute Gasteiger partial charge is 0.287 e. The summed E-state index contributed by atoms with van der Waals surface area (Å²) in [6, 6.07) is 3.33. The number of aromatic nitrogens is 2. The fourth-order valence-corrected chi connectivity index (χ4v) is 2.17. The third-order valence-electron chi connectivity index (χ3n) is 3.13. The van der Waals surface area contributed by atoms with Crippen LogP contribution in [0.5, 0.6) is 0 Å². The van der Waals surface area contributed by atoms with Gasteiger partial charge in [0, 0.05) is 24.2 Å². The van der Waals surface area contributed by atoms with Crippen molar-refractivity contribution in [1.82, 2.24) is 15.1 Å². The zero-order valence-electron chi connectivity index (χ0n) is 10.5. The lowest BCUT2D eigenvalue weighted by Gasteiger charge is -2.14. The van der Waals surface area contributed by atoms with Crippen LogP contribution in [-0.4, -0.2) is 28.8 Å². The fraction of sp³-hybridized carbons (Fsp3) is 0.385. The Morgan fingerprint density at radius 2 is 2.47 bits per heavy atom. The van der Waals surface area contributed by atoms with Crippen molar-refractivity contribution >= 4 is 5.91 Å². The zero-order valence-corrected chi connectivity index (χ0v) is 10.5. The average Bonchev–Trinajstić information content (AvgIpc) is 3.08. The lowest BCUT2D eigenvalue weighted by atomic mass is 10.2. The first-order chi connectivity index (χ1) is 9.34. The molecule has 1 N–H and O–H groups in total. The molecule has 19 heavy (non-hydrogen) atoms. The Morgan fingerprint density at radius 1 is 1.53 bits per heavy atom. The van der Waals surface area contributed by atoms with Crippen molar-refractivity contribution in [3.05, 3.63) is 41.6 Å². The second kappa shape index (κ2) is 5.27. The maximum atomic E-state index is 11.7. The quantitative estimate of drug-likeness (QED) is 0.890. The summed E-state index contributed by atoms with van der Waals surface area (Å²) in [4.78, 5) is 11.7. The van der Waals surface area contributed by atoms with Gasteiger partial charge in [-0.05, 0) is 12.1 Å². The predicted molar refractivity (Wildman–Crippen MR) is 66.6 cm³/mol. The van der Waals surface area contributed by atoms with E-state index in [1.165, 1.54) is 12.0 Å². The minimum Gasteiger partial charge on any atom is -0.459 e. The first-order valence-electron chi connectivity index (χ1n) is 6.27. The molecule has 0 aliphatic carbocycles. The third kappa shape index (κ3) is 2.53. The van der Waals surface area contributed by atoms with Crippen LogP contribution in [0.1, 0.15) is 21.8 Å². The van der Waals surface area contributed by atoms with E-state index in [-0.39, 0.29) is 5.91 Å². The van der Waals surface area contributed by atoms with Gasteiger partial charge >= 0.3 is 0 Å². The van der Waals surface area contributed by atoms with Gasteiger partial charge in [-0.25, -0.2) is 0 Å². The largest absolute Gasteiger partial charge is 0.459 e. The summed E-state index contributed by atoms with van der Waals surface area (Å²) in [5, 5.41) is 7.12. The highest BCUT2D eigenvalue weighted by Gasteiger charge is 2.15. The Hall–Kier alpha value is -2.08. The molecule has 0 unspecified atom stereocenters. The molecule has 6 nitrogen and oxygen atoms in total. The van der Waals surface area contributed by atoms with E-state index in [1.807, 2.05) is 10.9 Å². The fourth-order valence-electron chi connectivity index (χ4n) is 2.17. The monoisotopic (exact) mass is 261 g/mol. The third-order valence-corrected chi connectivity index (χ3v) is 3.13. The van der Waals surface area contributed by atoms with Crippen LogP contribution >= 0.6 is 0 Å². The molecule has 2 aromatic heterocycles. The molecule has 0 atom stereocenters. The van der Waals surface area contributed by atoms with Crippen molar-refractivity contribution in [1.29, 1.82) is 0 Å². The average molecular weight is 261 g/mol. The second-order valence-corrected chi connectivity index (χ2v) is 4.38. The van der Waals surface area contributed by atoms with Gasteiger partial charge in [0.25, 0.3) is 5.91 Å². The number of amides is 1. The molecule has 0 bridgehead atoms. The van der Waals surface area contributed by atoms with Crippen LogP contribution in [0, 0.1) is 0 Å². The number of carbonyl (C=O) groups is 1. The Bertz CT molecular complexity index is 560. The van der Waals surface area contributed by atoms with Gasteiger partial charge in [0.1, 0.15) is 0 Å². The summed E-state index contributed by atoms with van der Waals surface area (Å²) in [5.41, 5.74) is 2.35. The van der Waals surface area contributed by atoms with Crippen LogP contribution in [-0.2, 0) is 24.3 Å². The van der Waals surface area contributed by atoms with Crippen LogP contribution in [0.4, 0.5) is 0 Å². The number of nitrogens with one attached hydrogen (secondary N) is 1. The molecule has 0 spiro atoms. The van der Waals surface area contributed by atoms with Crippen molar-refractivity contribution in [2.24, 2.45) is 0 Å². The first kappa shape index (κ1) is 12.0. The Morgan fingerprint density at radius 3 is 3.32 bits per heavy atom. The standard InChI is InChI=1S/C13H15N3O3/c17-13(12-2-1-6-19-12)14-4-5-16-11-3-7-18-9-10(11)8-15-16/h1-2,6,8H,3-5,7,9H2,(H,14,17). The maximum absolute atomic E-state index is 11.7. The Labute approximate surface area is 110 Å². The number of furan rings is 1. The van der Waals surface area contributed by atoms with E-state index >= 15 is 0 Å². The normalized spacial score (nSPS) is 14.1. The van der Waals surface area contributed by atoms with Crippen LogP contribution in [0.2, 0.25) is 0 Å². The Kier molecular flexibility index (Phi) is 3.33. The van der Waals surface area contributed by atoms with Crippen LogP contribution in [0.3, 0.4) is 0 Å². The van der Waals surface area contributed by atoms with Gasteiger partial charge in [-0.15, -0.1) is 0 Å². The molecule has 0 fully saturated rings. The van der Waals surface area contributed by atoms with E-state index in [1.54, 1.807) is 12.1 Å². The molecule has 3 heterocycles. The minimum atomic E-state index is -0.200. The van der Waals surface area contributed by atoms with Crippen molar-refractivity contribution in [3.63, 3.8) is 0 Å². The predicted octanol–water partition coefficient (Wildman–Crippen LogP) is 0.979. The molecule has 6 heteroatoms. The molecular weight excluding hydrogens is 246 g/mol. The summed E-state index contributed by atoms with van der Waals surface area (Å²) in [6.07, 6.45) is 4.20. The maximum Gasteiger partial charge on any atom is 0.287 e. The van der Waals surface area contributed by atoms with Crippen molar-refractivity contribution in [2.75, 3.05) is 13.2 Å². The van der Waals surface area contributed by atoms with Gasteiger partial charge in [0.2, 0.25) is 0 Å². The number of hydrogen-bond acceptors (Lipinski definition) is 4. The topological polar surface area (TPSA) is 69.3 Å². The Balaban J connectivity index is 1.55. The summed E-state index contributed by atoms with van der Waals surface area (Å²) in [5.74, 6) is 0.130. The van der Waals surface area contributed by atoms with E-state index in [0.29, 0.717) is 25.5 Å². The lowest BCUT2D eigenvalue weighted by molar-refractivity contribution is 0.0923. The number of fused-ring (bicyclic) bond motifs is 1. The van der Waals surface area contributed by atoms with Gasteiger partial charge in [-0.3, -0.25) is 9.48 Å². The van der Waals surface area contributed by atoms with Crippen LogP contribution < -0.4 is 5.32 Å². The molecule has 0 aromatic carbocycles. The van der Waals surface area contributed by atoms with E-state index in [2.05, 4.69) is 10.4 Å². The lowest BCUT2D eigenvalue weighted by Crippen LogP contribution is -2.28. The van der Waals surface area contributed by atoms with Gasteiger partial charge in [-0.1, -0.05) is 0 Å². The van der Waals surface area contributed by atoms with Crippen molar-refractivity contribution in [3.8, 4) is 0 Å². The number of carbonyl (C=O) groups excluding carboxylic acids is 1. The zero-order chi connectivity index (χ0) is 13.1. The summed E-state index contributed by atoms with van der Waals surface area (Å²) < 4.78 is 12.3. The summed E-state index contributed by atoms with van der Waals surface area (Å²) in [7, 11) is 0. The molecule has 1 aliphatic rings. The van der Waals surface area contributed by atoms with Gasteiger partial charge in [0.15, 0.2) is 5.76 Å². The molecule has 0 radical (unpaired) electrons. The van der Waals surface area contributed by atoms with E-state index in [9.17, 15) is 4.79 Å². The number of nitrogens with zero attached hydrogens (tertiary/aromatic N) is 2. The molecule has 100 valence electrons. The van der Waals surface area contributed by atoms with Gasteiger partial charge in [-0.2, -0.15) is 5.10 Å². The number of ether oxygens (including phenoxy) is 1. The first-order valence-corrected chi connectivity index (χ1v) is 6.27. The molecule has 1 aliphatic heterocycles. The molecule has 3 rings (SSSR count). The second-order valence-electron chi connectivity index (χ2n) is 4.38. The summed E-state index contributed by atoms with van der Waals surface area (Å²) in [6.45, 7) is 2.54. The molecular formula is C13H15N3O3. The van der Waals surface area contributed by atoms with Crippen LogP contribution in [0.15, 0.2) is 29.0 Å². The van der Waals surface area contributed by atoms with E-state index in [4.69, 9.17) is 9.15 Å². The summed E-state index contributed by atoms with van der Waals surface area (Å²) >= 11 is 0. The highest BCUT2D eigenvalue weighted by molar-refractivity contribution is 5.91. The van der Waals surface area contributed by atoms with Gasteiger partial charge in [0.05, 0.1) is 32.2 Å². The number of rotatable bonds is 4. The van der Waals surface area contributed by atoms with Crippen molar-refractivity contribution in [2.45, 2.75) is 19.6 Å². The van der Waals surface area contributed by atoms with E-state index < -0.39 is 0 Å². The van der Waals surface area contributed by atoms with Crippen LogP contribution in [0.25, 0.3) is 0 Å². The highest BCUT2D eigenvalue weighted by atomic mass is 16.5. The molecule has 0 saturated heterocycles. The molecule has 1 amide bonds. The number of hydrogen-bond donors (Lipinski definition) is 1. The minimum absolute atomic E-state index is 0.200. The van der Waals surface area contributed by atoms with E-state index in [0.717, 1.165) is 18.6 Å². The van der Waals surface area contributed by atoms with Gasteiger partial charge < -0.3 is 14.5 Å². The molecule has 0 saturated carbocycles. The molecule has 2 aromatic rings.